The number of pyridine rings is 1. The Kier molecular flexibility index (Phi) is 3.60. The summed E-state index contributed by atoms with van der Waals surface area (Å²) in [7, 11) is 0. The standard InChI is InChI=1S/C17H15NO3/c19-17(20)12-21-16-7-4-10-18-14(8-9-15(16)18)11-13-5-2-1-3-6-13/h1-10H,11-12H2,(H,19,20). The van der Waals surface area contributed by atoms with Gasteiger partial charge in [-0.1, -0.05) is 30.3 Å². The van der Waals surface area contributed by atoms with E-state index in [4.69, 9.17) is 9.84 Å². The summed E-state index contributed by atoms with van der Waals surface area (Å²) >= 11 is 0. The number of carboxylic acids is 1. The summed E-state index contributed by atoms with van der Waals surface area (Å²) in [5.41, 5.74) is 3.25. The van der Waals surface area contributed by atoms with Gasteiger partial charge in [0, 0.05) is 18.3 Å². The number of aliphatic carboxylic acids is 1. The quantitative estimate of drug-likeness (QED) is 0.782. The van der Waals surface area contributed by atoms with Gasteiger partial charge < -0.3 is 14.2 Å². The number of hydrogen-bond donors (Lipinski definition) is 1. The summed E-state index contributed by atoms with van der Waals surface area (Å²) < 4.78 is 7.36. The van der Waals surface area contributed by atoms with Gasteiger partial charge >= 0.3 is 5.97 Å². The topological polar surface area (TPSA) is 50.9 Å². The average molecular weight is 281 g/mol. The second kappa shape index (κ2) is 5.71. The van der Waals surface area contributed by atoms with E-state index in [2.05, 4.69) is 12.1 Å². The van der Waals surface area contributed by atoms with E-state index in [0.29, 0.717) is 5.75 Å². The number of carbonyl (C=O) groups is 1. The van der Waals surface area contributed by atoms with E-state index in [1.54, 1.807) is 6.07 Å². The molecule has 21 heavy (non-hydrogen) atoms. The highest BCUT2D eigenvalue weighted by Gasteiger charge is 2.08. The van der Waals surface area contributed by atoms with Crippen LogP contribution in [0.4, 0.5) is 0 Å². The number of carboxylic acid groups (broad SMARTS) is 1. The first-order valence-corrected chi connectivity index (χ1v) is 6.71. The molecule has 0 amide bonds. The molecule has 0 atom stereocenters. The molecule has 0 bridgehead atoms. The SMILES string of the molecule is O=C(O)COc1cccn2c(Cc3ccccc3)ccc12. The predicted octanol–water partition coefficient (Wildman–Crippen LogP) is 2.99. The molecule has 2 heterocycles. The summed E-state index contributed by atoms with van der Waals surface area (Å²) in [6.07, 6.45) is 2.78. The minimum Gasteiger partial charge on any atom is -0.480 e. The van der Waals surface area contributed by atoms with Gasteiger partial charge in [-0.2, -0.15) is 0 Å². The Morgan fingerprint density at radius 3 is 2.62 bits per heavy atom. The highest BCUT2D eigenvalue weighted by Crippen LogP contribution is 2.23. The molecule has 0 spiro atoms. The van der Waals surface area contributed by atoms with Crippen LogP contribution in [0.25, 0.3) is 5.52 Å². The maximum atomic E-state index is 10.6. The van der Waals surface area contributed by atoms with Gasteiger partial charge in [-0.05, 0) is 29.8 Å². The summed E-state index contributed by atoms with van der Waals surface area (Å²) in [6.45, 7) is -0.334. The van der Waals surface area contributed by atoms with E-state index in [9.17, 15) is 4.79 Å². The van der Waals surface area contributed by atoms with Gasteiger partial charge in [-0.3, -0.25) is 0 Å². The molecular weight excluding hydrogens is 266 g/mol. The molecule has 0 fully saturated rings. The minimum atomic E-state index is -0.979. The van der Waals surface area contributed by atoms with Crippen molar-refractivity contribution in [2.45, 2.75) is 6.42 Å². The van der Waals surface area contributed by atoms with Crippen molar-refractivity contribution in [2.75, 3.05) is 6.61 Å². The Balaban J connectivity index is 1.91. The molecule has 2 aromatic heterocycles. The summed E-state index contributed by atoms with van der Waals surface area (Å²) in [5.74, 6) is -0.396. The van der Waals surface area contributed by atoms with Gasteiger partial charge in [-0.25, -0.2) is 4.79 Å². The lowest BCUT2D eigenvalue weighted by atomic mass is 10.1. The largest absolute Gasteiger partial charge is 0.480 e. The van der Waals surface area contributed by atoms with Crippen LogP contribution in [0.15, 0.2) is 60.8 Å². The first kappa shape index (κ1) is 13.2. The number of ether oxygens (including phenoxy) is 1. The van der Waals surface area contributed by atoms with Crippen LogP contribution in [0, 0.1) is 0 Å². The van der Waals surface area contributed by atoms with E-state index < -0.39 is 5.97 Å². The zero-order valence-electron chi connectivity index (χ0n) is 11.4. The molecule has 0 radical (unpaired) electrons. The van der Waals surface area contributed by atoms with Crippen molar-refractivity contribution in [3.8, 4) is 5.75 Å². The summed E-state index contributed by atoms with van der Waals surface area (Å²) in [5, 5.41) is 8.72. The van der Waals surface area contributed by atoms with Crippen LogP contribution in [0.1, 0.15) is 11.3 Å². The van der Waals surface area contributed by atoms with Crippen LogP contribution >= 0.6 is 0 Å². The fourth-order valence-corrected chi connectivity index (χ4v) is 2.38. The molecule has 1 aromatic carbocycles. The first-order chi connectivity index (χ1) is 10.2. The third-order valence-corrected chi connectivity index (χ3v) is 3.32. The molecule has 1 N–H and O–H groups in total. The normalized spacial score (nSPS) is 10.7. The maximum absolute atomic E-state index is 10.6. The van der Waals surface area contributed by atoms with Crippen molar-refractivity contribution in [3.05, 3.63) is 72.1 Å². The molecule has 0 aliphatic rings. The zero-order valence-corrected chi connectivity index (χ0v) is 11.4. The lowest BCUT2D eigenvalue weighted by Gasteiger charge is -2.08. The number of benzene rings is 1. The fraction of sp³-hybridized carbons (Fsp3) is 0.118. The fourth-order valence-electron chi connectivity index (χ4n) is 2.38. The molecule has 106 valence electrons. The van der Waals surface area contributed by atoms with Crippen molar-refractivity contribution >= 4 is 11.5 Å². The predicted molar refractivity (Wildman–Crippen MR) is 79.8 cm³/mol. The molecular formula is C17H15NO3. The number of aromatic nitrogens is 1. The third kappa shape index (κ3) is 2.89. The van der Waals surface area contributed by atoms with E-state index in [1.165, 1.54) is 5.56 Å². The van der Waals surface area contributed by atoms with Crippen LogP contribution in [0.5, 0.6) is 5.75 Å². The van der Waals surface area contributed by atoms with Crippen molar-refractivity contribution in [1.82, 2.24) is 4.40 Å². The van der Waals surface area contributed by atoms with E-state index in [-0.39, 0.29) is 6.61 Å². The average Bonchev–Trinajstić information content (AvgIpc) is 2.90. The minimum absolute atomic E-state index is 0.334. The highest BCUT2D eigenvalue weighted by atomic mass is 16.5. The number of fused-ring (bicyclic) bond motifs is 1. The Bertz CT molecular complexity index is 762. The number of rotatable bonds is 5. The Morgan fingerprint density at radius 2 is 1.86 bits per heavy atom. The zero-order chi connectivity index (χ0) is 14.7. The Labute approximate surface area is 122 Å². The summed E-state index contributed by atoms with van der Waals surface area (Å²) in [6, 6.07) is 17.8. The monoisotopic (exact) mass is 281 g/mol. The second-order valence-corrected chi connectivity index (χ2v) is 4.80. The second-order valence-electron chi connectivity index (χ2n) is 4.80. The van der Waals surface area contributed by atoms with E-state index >= 15 is 0 Å². The lowest BCUT2D eigenvalue weighted by molar-refractivity contribution is -0.139. The number of hydrogen-bond acceptors (Lipinski definition) is 2. The van der Waals surface area contributed by atoms with Crippen LogP contribution in [0.2, 0.25) is 0 Å². The van der Waals surface area contributed by atoms with Gasteiger partial charge in [0.2, 0.25) is 0 Å². The molecule has 0 saturated carbocycles. The number of nitrogens with zero attached hydrogens (tertiary/aromatic N) is 1. The summed E-state index contributed by atoms with van der Waals surface area (Å²) in [4.78, 5) is 10.6. The molecule has 3 aromatic rings. The molecule has 3 rings (SSSR count). The molecule has 0 aliphatic heterocycles. The molecule has 4 nitrogen and oxygen atoms in total. The molecule has 0 unspecified atom stereocenters. The van der Waals surface area contributed by atoms with Crippen molar-refractivity contribution in [2.24, 2.45) is 0 Å². The van der Waals surface area contributed by atoms with Crippen LogP contribution in [-0.4, -0.2) is 22.1 Å². The van der Waals surface area contributed by atoms with Crippen molar-refractivity contribution in [3.63, 3.8) is 0 Å². The smallest absolute Gasteiger partial charge is 0.341 e. The first-order valence-electron chi connectivity index (χ1n) is 6.71. The van der Waals surface area contributed by atoms with Gasteiger partial charge in [-0.15, -0.1) is 0 Å². The van der Waals surface area contributed by atoms with Gasteiger partial charge in [0.1, 0.15) is 5.75 Å². The Morgan fingerprint density at radius 1 is 1.05 bits per heavy atom. The van der Waals surface area contributed by atoms with Crippen molar-refractivity contribution in [1.29, 1.82) is 0 Å². The van der Waals surface area contributed by atoms with Crippen LogP contribution < -0.4 is 4.74 Å². The van der Waals surface area contributed by atoms with Crippen LogP contribution in [-0.2, 0) is 11.2 Å². The van der Waals surface area contributed by atoms with Gasteiger partial charge in [0.25, 0.3) is 0 Å². The molecule has 4 heteroatoms. The van der Waals surface area contributed by atoms with Gasteiger partial charge in [0.15, 0.2) is 6.61 Å². The maximum Gasteiger partial charge on any atom is 0.341 e. The molecule has 0 saturated heterocycles. The third-order valence-electron chi connectivity index (χ3n) is 3.32. The Hall–Kier alpha value is -2.75. The van der Waals surface area contributed by atoms with E-state index in [1.807, 2.05) is 47.0 Å². The molecule has 0 aliphatic carbocycles. The van der Waals surface area contributed by atoms with Gasteiger partial charge in [0.05, 0.1) is 5.52 Å². The van der Waals surface area contributed by atoms with Crippen molar-refractivity contribution < 1.29 is 14.6 Å². The highest BCUT2D eigenvalue weighted by molar-refractivity contribution is 5.69. The van der Waals surface area contributed by atoms with E-state index in [0.717, 1.165) is 17.6 Å². The van der Waals surface area contributed by atoms with Crippen LogP contribution in [0.3, 0.4) is 0 Å². The lowest BCUT2D eigenvalue weighted by Crippen LogP contribution is -2.10.